The quantitative estimate of drug-likeness (QED) is 0.102. The number of rotatable bonds is 4. The summed E-state index contributed by atoms with van der Waals surface area (Å²) in [6.07, 6.45) is 9.30. The van der Waals surface area contributed by atoms with Crippen LogP contribution in [0.15, 0.2) is 141 Å². The highest BCUT2D eigenvalue weighted by molar-refractivity contribution is 6.08. The number of nitrogens with zero attached hydrogens (tertiary/aromatic N) is 1. The third-order valence-electron chi connectivity index (χ3n) is 10.6. The van der Waals surface area contributed by atoms with E-state index in [9.17, 15) is 20.4 Å². The molecule has 10 nitrogen and oxygen atoms in total. The average Bonchev–Trinajstić information content (AvgIpc) is 3.77. The molecule has 2 aliphatic heterocycles. The van der Waals surface area contributed by atoms with Gasteiger partial charge in [0.1, 0.15) is 52.3 Å². The number of benzene rings is 4. The van der Waals surface area contributed by atoms with Gasteiger partial charge in [-0.05, 0) is 53.5 Å². The van der Waals surface area contributed by atoms with Gasteiger partial charge in [-0.2, -0.15) is 0 Å². The summed E-state index contributed by atoms with van der Waals surface area (Å²) in [5, 5.41) is 56.4. The van der Waals surface area contributed by atoms with Crippen molar-refractivity contribution in [1.29, 1.82) is 0 Å². The van der Waals surface area contributed by atoms with Gasteiger partial charge in [0.15, 0.2) is 6.23 Å². The Bertz CT molecular complexity index is 2500. The van der Waals surface area contributed by atoms with Gasteiger partial charge in [-0.15, -0.1) is 0 Å². The van der Waals surface area contributed by atoms with E-state index in [1.807, 2.05) is 66.7 Å². The number of para-hydroxylation sites is 3. The second kappa shape index (κ2) is 11.7. The van der Waals surface area contributed by atoms with Crippen LogP contribution in [0.3, 0.4) is 0 Å². The van der Waals surface area contributed by atoms with Gasteiger partial charge in [-0.25, -0.2) is 4.99 Å². The zero-order valence-corrected chi connectivity index (χ0v) is 27.7. The van der Waals surface area contributed by atoms with E-state index in [1.165, 1.54) is 6.07 Å². The van der Waals surface area contributed by atoms with E-state index in [-0.39, 0.29) is 47.0 Å². The maximum absolute atomic E-state index is 11.6. The lowest BCUT2D eigenvalue weighted by molar-refractivity contribution is 0.174. The lowest BCUT2D eigenvalue weighted by atomic mass is 9.82. The smallest absolute Gasteiger partial charge is 0.196 e. The topological polar surface area (TPSA) is 152 Å². The van der Waals surface area contributed by atoms with E-state index < -0.39 is 18.4 Å². The third-order valence-corrected chi connectivity index (χ3v) is 10.6. The Morgan fingerprint density at radius 3 is 2.54 bits per heavy atom. The minimum absolute atomic E-state index is 0.0193. The number of hydrogen-bond donors (Lipinski definition) is 7. The van der Waals surface area contributed by atoms with Gasteiger partial charge in [0.2, 0.25) is 0 Å². The molecule has 5 atom stereocenters. The number of furan rings is 1. The molecule has 4 aromatic carbocycles. The van der Waals surface area contributed by atoms with Crippen molar-refractivity contribution in [3.8, 4) is 17.2 Å². The summed E-state index contributed by atoms with van der Waals surface area (Å²) in [5.41, 5.74) is 7.32. The van der Waals surface area contributed by atoms with Crippen LogP contribution >= 0.6 is 0 Å². The van der Waals surface area contributed by atoms with Gasteiger partial charge in [-0.3, -0.25) is 5.32 Å². The predicted molar refractivity (Wildman–Crippen MR) is 199 cm³/mol. The molecular formula is C42H34N4O6. The first kappa shape index (κ1) is 30.6. The minimum atomic E-state index is -1.09. The number of aliphatic hydroxyl groups is 2. The highest BCUT2D eigenvalue weighted by atomic mass is 16.5. The van der Waals surface area contributed by atoms with Gasteiger partial charge in [0.05, 0.1) is 17.4 Å². The number of aliphatic hydroxyl groups excluding tert-OH is 2. The van der Waals surface area contributed by atoms with Crippen LogP contribution in [0, 0.1) is 5.92 Å². The van der Waals surface area contributed by atoms with Crippen LogP contribution in [-0.2, 0) is 0 Å². The molecule has 10 heteroatoms. The van der Waals surface area contributed by atoms with Crippen molar-refractivity contribution in [3.05, 3.63) is 148 Å². The van der Waals surface area contributed by atoms with Crippen LogP contribution in [0.4, 0.5) is 5.69 Å². The summed E-state index contributed by atoms with van der Waals surface area (Å²) < 4.78 is 12.4. The van der Waals surface area contributed by atoms with Crippen LogP contribution in [0.25, 0.3) is 27.7 Å². The van der Waals surface area contributed by atoms with Crippen molar-refractivity contribution in [2.24, 2.45) is 10.9 Å². The molecule has 5 unspecified atom stereocenters. The number of amidine groups is 1. The zero-order valence-electron chi connectivity index (χ0n) is 27.7. The van der Waals surface area contributed by atoms with Crippen LogP contribution in [0.5, 0.6) is 17.2 Å². The Morgan fingerprint density at radius 2 is 1.63 bits per heavy atom. The molecule has 0 bridgehead atoms. The number of aliphatic imine (C=N–C) groups is 1. The summed E-state index contributed by atoms with van der Waals surface area (Å²) in [4.78, 5) is 5.11. The first-order valence-electron chi connectivity index (χ1n) is 17.4. The van der Waals surface area contributed by atoms with E-state index in [2.05, 4.69) is 46.3 Å². The third kappa shape index (κ3) is 4.90. The van der Waals surface area contributed by atoms with Crippen molar-refractivity contribution < 1.29 is 29.6 Å². The van der Waals surface area contributed by atoms with E-state index in [4.69, 9.17) is 14.1 Å². The van der Waals surface area contributed by atoms with Crippen LogP contribution in [0.1, 0.15) is 41.8 Å². The molecule has 0 spiro atoms. The summed E-state index contributed by atoms with van der Waals surface area (Å²) in [6, 6.07) is 24.3. The summed E-state index contributed by atoms with van der Waals surface area (Å²) in [7, 11) is 0. The molecular weight excluding hydrogens is 656 g/mol. The van der Waals surface area contributed by atoms with Gasteiger partial charge >= 0.3 is 0 Å². The van der Waals surface area contributed by atoms with Crippen molar-refractivity contribution in [1.82, 2.24) is 10.6 Å². The monoisotopic (exact) mass is 690 g/mol. The Balaban J connectivity index is 1.03. The number of phenols is 2. The molecule has 7 N–H and O–H groups in total. The Morgan fingerprint density at radius 1 is 0.808 bits per heavy atom. The number of hydrogen-bond acceptors (Lipinski definition) is 10. The number of nitrogens with one attached hydrogen (secondary N) is 3. The van der Waals surface area contributed by atoms with Crippen LogP contribution in [-0.4, -0.2) is 38.7 Å². The maximum atomic E-state index is 11.6. The summed E-state index contributed by atoms with van der Waals surface area (Å²) in [5.74, 6) is 0.670. The predicted octanol–water partition coefficient (Wildman–Crippen LogP) is 7.52. The number of aromatic hydroxyl groups is 2. The average molecular weight is 691 g/mol. The van der Waals surface area contributed by atoms with E-state index in [1.54, 1.807) is 0 Å². The van der Waals surface area contributed by atoms with Crippen LogP contribution < -0.4 is 20.7 Å². The van der Waals surface area contributed by atoms with Crippen molar-refractivity contribution in [2.45, 2.75) is 37.5 Å². The highest BCUT2D eigenvalue weighted by Crippen LogP contribution is 2.44. The Hall–Kier alpha value is -6.23. The lowest BCUT2D eigenvalue weighted by Gasteiger charge is -2.36. The zero-order chi connectivity index (χ0) is 35.1. The SMILES string of the molecule is OC1=C(C2=NC(C3=CCC4C=C(C5Nc6ccccc6O5)C=CC4=C3)NC(c3cccc4oc5ccccc5c34)N2)CC(O)c2cc(O)cc(O)c21. The fourth-order valence-electron chi connectivity index (χ4n) is 8.08. The van der Waals surface area contributed by atoms with Crippen LogP contribution in [0.2, 0.25) is 0 Å². The van der Waals surface area contributed by atoms with Gasteiger partial charge in [0, 0.05) is 45.9 Å². The molecule has 5 aliphatic rings. The molecule has 0 radical (unpaired) electrons. The molecule has 0 saturated heterocycles. The maximum Gasteiger partial charge on any atom is 0.196 e. The number of fused-ring (bicyclic) bond motifs is 6. The second-order valence-electron chi connectivity index (χ2n) is 13.7. The molecule has 0 amide bonds. The first-order valence-corrected chi connectivity index (χ1v) is 17.4. The van der Waals surface area contributed by atoms with E-state index in [0.29, 0.717) is 11.4 Å². The first-order chi connectivity index (χ1) is 25.4. The molecule has 3 aliphatic carbocycles. The summed E-state index contributed by atoms with van der Waals surface area (Å²) in [6.45, 7) is 0. The largest absolute Gasteiger partial charge is 0.508 e. The fraction of sp³-hybridized carbons (Fsp3) is 0.167. The van der Waals surface area contributed by atoms with E-state index >= 15 is 0 Å². The Kier molecular flexibility index (Phi) is 6.86. The molecule has 0 saturated carbocycles. The molecule has 3 heterocycles. The lowest BCUT2D eigenvalue weighted by Crippen LogP contribution is -2.49. The molecule has 0 fully saturated rings. The van der Waals surface area contributed by atoms with Gasteiger partial charge in [0.25, 0.3) is 0 Å². The van der Waals surface area contributed by atoms with Gasteiger partial charge < -0.3 is 40.2 Å². The minimum Gasteiger partial charge on any atom is -0.508 e. The molecule has 1 aromatic heterocycles. The fourth-order valence-corrected chi connectivity index (χ4v) is 8.08. The van der Waals surface area contributed by atoms with Crippen molar-refractivity contribution in [3.63, 3.8) is 0 Å². The number of allylic oxidation sites excluding steroid dienone is 4. The number of phenolic OH excluding ortho intramolecular Hbond substituents is 2. The van der Waals surface area contributed by atoms with Gasteiger partial charge in [-0.1, -0.05) is 72.8 Å². The molecule has 52 heavy (non-hydrogen) atoms. The number of ether oxygens (including phenoxy) is 1. The van der Waals surface area contributed by atoms with E-state index in [0.717, 1.165) is 68.1 Å². The normalized spacial score (nSPS) is 24.8. The molecule has 5 aromatic rings. The van der Waals surface area contributed by atoms with Crippen molar-refractivity contribution in [2.75, 3.05) is 5.32 Å². The highest BCUT2D eigenvalue weighted by Gasteiger charge is 2.36. The Labute approximate surface area is 298 Å². The van der Waals surface area contributed by atoms with Crippen molar-refractivity contribution >= 4 is 39.2 Å². The molecule has 258 valence electrons. The molecule has 10 rings (SSSR count). The summed E-state index contributed by atoms with van der Waals surface area (Å²) >= 11 is 0. The second-order valence-corrected chi connectivity index (χ2v) is 13.7. The standard InChI is InChI=1S/C42H34N4O6/c47-25-18-28-31(48)20-29(38(50)37(28)32(49)19-25)41-45-39(44-40(46-41)27-7-5-11-35-36(27)26-6-1-3-9-33(26)51-35)23-14-12-22-17-24(15-13-21(22)16-23)42-43-30-8-2-4-10-34(30)52-42/h1-11,13-19,22,31,39-40,42-44,47-50H,12,20H2,(H,45,46). The number of anilines is 1.